The van der Waals surface area contributed by atoms with E-state index >= 15 is 0 Å². The molecule has 0 heterocycles. The second-order valence-electron chi connectivity index (χ2n) is 4.23. The van der Waals surface area contributed by atoms with E-state index in [4.69, 9.17) is 10.00 Å². The maximum Gasteiger partial charge on any atom is 0.0991 e. The smallest absolute Gasteiger partial charge is 0.0991 e. The van der Waals surface area contributed by atoms with Crippen molar-refractivity contribution in [3.63, 3.8) is 0 Å². The van der Waals surface area contributed by atoms with E-state index in [1.165, 1.54) is 5.56 Å². The number of nitrogens with zero attached hydrogens (tertiary/aromatic N) is 1. The Morgan fingerprint density at radius 1 is 1.06 bits per heavy atom. The standard InChI is InChI=1S/C16H15NO/c1-13-9-15(10-17)7-8-16(13)12-18-11-14-5-3-2-4-6-14/h2-9H,11-12H2,1H3. The van der Waals surface area contributed by atoms with E-state index < -0.39 is 0 Å². The summed E-state index contributed by atoms with van der Waals surface area (Å²) in [6, 6.07) is 17.9. The molecule has 0 aliphatic carbocycles. The van der Waals surface area contributed by atoms with Crippen LogP contribution >= 0.6 is 0 Å². The van der Waals surface area contributed by atoms with Gasteiger partial charge in [0.15, 0.2) is 0 Å². The predicted octanol–water partition coefficient (Wildman–Crippen LogP) is 3.58. The van der Waals surface area contributed by atoms with Crippen LogP contribution < -0.4 is 0 Å². The molecule has 2 heteroatoms. The highest BCUT2D eigenvalue weighted by molar-refractivity contribution is 5.37. The van der Waals surface area contributed by atoms with Gasteiger partial charge in [-0.3, -0.25) is 0 Å². The molecule has 18 heavy (non-hydrogen) atoms. The molecule has 0 aromatic heterocycles. The largest absolute Gasteiger partial charge is 0.372 e. The molecular formula is C16H15NO. The summed E-state index contributed by atoms with van der Waals surface area (Å²) in [4.78, 5) is 0. The first-order valence-corrected chi connectivity index (χ1v) is 5.91. The lowest BCUT2D eigenvalue weighted by Gasteiger charge is -2.07. The Balaban J connectivity index is 1.93. The minimum atomic E-state index is 0.576. The lowest BCUT2D eigenvalue weighted by Crippen LogP contribution is -1.96. The van der Waals surface area contributed by atoms with Crippen LogP contribution in [0.5, 0.6) is 0 Å². The van der Waals surface area contributed by atoms with E-state index in [0.29, 0.717) is 18.8 Å². The Kier molecular flexibility index (Phi) is 4.11. The summed E-state index contributed by atoms with van der Waals surface area (Å²) >= 11 is 0. The molecule has 90 valence electrons. The third-order valence-electron chi connectivity index (χ3n) is 2.84. The van der Waals surface area contributed by atoms with Crippen molar-refractivity contribution in [2.24, 2.45) is 0 Å². The average Bonchev–Trinajstić information content (AvgIpc) is 2.42. The Morgan fingerprint density at radius 3 is 2.50 bits per heavy atom. The molecule has 0 N–H and O–H groups in total. The lowest BCUT2D eigenvalue weighted by atomic mass is 10.1. The van der Waals surface area contributed by atoms with Gasteiger partial charge in [0.05, 0.1) is 24.8 Å². The summed E-state index contributed by atoms with van der Waals surface area (Å²) in [7, 11) is 0. The fourth-order valence-electron chi connectivity index (χ4n) is 1.78. The van der Waals surface area contributed by atoms with Crippen molar-refractivity contribution >= 4 is 0 Å². The molecule has 0 aliphatic heterocycles. The van der Waals surface area contributed by atoms with E-state index in [1.54, 1.807) is 0 Å². The van der Waals surface area contributed by atoms with Gasteiger partial charge in [-0.05, 0) is 35.7 Å². The van der Waals surface area contributed by atoms with Crippen LogP contribution in [0.25, 0.3) is 0 Å². The molecular weight excluding hydrogens is 222 g/mol. The van der Waals surface area contributed by atoms with Crippen molar-refractivity contribution in [3.05, 3.63) is 70.8 Å². The fourth-order valence-corrected chi connectivity index (χ4v) is 1.78. The van der Waals surface area contributed by atoms with Gasteiger partial charge in [-0.1, -0.05) is 36.4 Å². The summed E-state index contributed by atoms with van der Waals surface area (Å²) in [5.41, 5.74) is 4.09. The molecule has 0 saturated carbocycles. The second kappa shape index (κ2) is 6.00. The van der Waals surface area contributed by atoms with Crippen LogP contribution in [0.4, 0.5) is 0 Å². The van der Waals surface area contributed by atoms with Crippen LogP contribution in [-0.4, -0.2) is 0 Å². The molecule has 2 nitrogen and oxygen atoms in total. The Hall–Kier alpha value is -2.11. The zero-order valence-electron chi connectivity index (χ0n) is 10.4. The van der Waals surface area contributed by atoms with Gasteiger partial charge < -0.3 is 4.74 Å². The van der Waals surface area contributed by atoms with E-state index in [0.717, 1.165) is 11.1 Å². The van der Waals surface area contributed by atoms with E-state index in [1.807, 2.05) is 55.5 Å². The van der Waals surface area contributed by atoms with Gasteiger partial charge >= 0.3 is 0 Å². The van der Waals surface area contributed by atoms with Crippen LogP contribution in [0.15, 0.2) is 48.5 Å². The molecule has 0 atom stereocenters. The molecule has 0 bridgehead atoms. The molecule has 0 saturated heterocycles. The number of rotatable bonds is 4. The van der Waals surface area contributed by atoms with Crippen LogP contribution in [0.3, 0.4) is 0 Å². The topological polar surface area (TPSA) is 33.0 Å². The summed E-state index contributed by atoms with van der Waals surface area (Å²) in [6.45, 7) is 3.19. The number of nitriles is 1. The van der Waals surface area contributed by atoms with Gasteiger partial charge in [-0.25, -0.2) is 0 Å². The maximum atomic E-state index is 8.80. The molecule has 0 amide bonds. The molecule has 2 aromatic rings. The first kappa shape index (κ1) is 12.3. The molecule has 0 fully saturated rings. The highest BCUT2D eigenvalue weighted by Gasteiger charge is 2.00. The van der Waals surface area contributed by atoms with E-state index in [-0.39, 0.29) is 0 Å². The van der Waals surface area contributed by atoms with Gasteiger partial charge in [0.1, 0.15) is 0 Å². The van der Waals surface area contributed by atoms with Crippen LogP contribution in [0.1, 0.15) is 22.3 Å². The Morgan fingerprint density at radius 2 is 1.83 bits per heavy atom. The van der Waals surface area contributed by atoms with Gasteiger partial charge in [-0.15, -0.1) is 0 Å². The number of benzene rings is 2. The normalized spacial score (nSPS) is 10.0. The highest BCUT2D eigenvalue weighted by atomic mass is 16.5. The SMILES string of the molecule is Cc1cc(C#N)ccc1COCc1ccccc1. The number of hydrogen-bond acceptors (Lipinski definition) is 2. The minimum absolute atomic E-state index is 0.576. The highest BCUT2D eigenvalue weighted by Crippen LogP contribution is 2.12. The van der Waals surface area contributed by atoms with Crippen molar-refractivity contribution in [1.82, 2.24) is 0 Å². The molecule has 0 radical (unpaired) electrons. The molecule has 0 spiro atoms. The monoisotopic (exact) mass is 237 g/mol. The third kappa shape index (κ3) is 3.19. The van der Waals surface area contributed by atoms with Crippen molar-refractivity contribution in [1.29, 1.82) is 5.26 Å². The summed E-state index contributed by atoms with van der Waals surface area (Å²) in [5.74, 6) is 0. The molecule has 2 rings (SSSR count). The van der Waals surface area contributed by atoms with E-state index in [9.17, 15) is 0 Å². The maximum absolute atomic E-state index is 8.80. The van der Waals surface area contributed by atoms with E-state index in [2.05, 4.69) is 6.07 Å². The van der Waals surface area contributed by atoms with Gasteiger partial charge in [-0.2, -0.15) is 5.26 Å². The fraction of sp³-hybridized carbons (Fsp3) is 0.188. The second-order valence-corrected chi connectivity index (χ2v) is 4.23. The molecule has 0 unspecified atom stereocenters. The summed E-state index contributed by atoms with van der Waals surface area (Å²) in [6.07, 6.45) is 0. The van der Waals surface area contributed by atoms with Crippen molar-refractivity contribution < 1.29 is 4.74 Å². The Labute approximate surface area is 107 Å². The summed E-state index contributed by atoms with van der Waals surface area (Å²) < 4.78 is 5.68. The zero-order valence-corrected chi connectivity index (χ0v) is 10.4. The average molecular weight is 237 g/mol. The quantitative estimate of drug-likeness (QED) is 0.814. The predicted molar refractivity (Wildman–Crippen MR) is 70.8 cm³/mol. The molecule has 2 aromatic carbocycles. The van der Waals surface area contributed by atoms with Gasteiger partial charge in [0.25, 0.3) is 0 Å². The van der Waals surface area contributed by atoms with Crippen LogP contribution in [0, 0.1) is 18.3 Å². The van der Waals surface area contributed by atoms with Gasteiger partial charge in [0, 0.05) is 0 Å². The number of aryl methyl sites for hydroxylation is 1. The van der Waals surface area contributed by atoms with Crippen molar-refractivity contribution in [2.45, 2.75) is 20.1 Å². The number of hydrogen-bond donors (Lipinski definition) is 0. The first-order chi connectivity index (χ1) is 8.79. The van der Waals surface area contributed by atoms with Crippen LogP contribution in [0.2, 0.25) is 0 Å². The first-order valence-electron chi connectivity index (χ1n) is 5.91. The minimum Gasteiger partial charge on any atom is -0.372 e. The number of ether oxygens (including phenoxy) is 1. The molecule has 0 aliphatic rings. The van der Waals surface area contributed by atoms with Crippen molar-refractivity contribution in [2.75, 3.05) is 0 Å². The van der Waals surface area contributed by atoms with Crippen LogP contribution in [-0.2, 0) is 18.0 Å². The Bertz CT molecular complexity index is 555. The summed E-state index contributed by atoms with van der Waals surface area (Å²) in [5, 5.41) is 8.80. The zero-order chi connectivity index (χ0) is 12.8. The third-order valence-corrected chi connectivity index (χ3v) is 2.84. The van der Waals surface area contributed by atoms with Gasteiger partial charge in [0.2, 0.25) is 0 Å². The lowest BCUT2D eigenvalue weighted by molar-refractivity contribution is 0.107. The van der Waals surface area contributed by atoms with Crippen molar-refractivity contribution in [3.8, 4) is 6.07 Å².